The number of H-pyrrole nitrogens is 1. The Kier molecular flexibility index (Phi) is 7.97. The van der Waals surface area contributed by atoms with Crippen molar-refractivity contribution in [2.45, 2.75) is 56.9 Å². The van der Waals surface area contributed by atoms with Gasteiger partial charge in [0, 0.05) is 43.8 Å². The third-order valence-electron chi connectivity index (χ3n) is 6.73. The Bertz CT molecular complexity index is 1020. The Morgan fingerprint density at radius 1 is 1.06 bits per heavy atom. The molecular formula is C25H32IN7. The molecule has 0 saturated carbocycles. The molecule has 0 aliphatic carbocycles. The third-order valence-corrected chi connectivity index (χ3v) is 6.73. The summed E-state index contributed by atoms with van der Waals surface area (Å²) >= 11 is 0. The quantitative estimate of drug-likeness (QED) is 0.243. The highest BCUT2D eigenvalue weighted by molar-refractivity contribution is 14.0. The summed E-state index contributed by atoms with van der Waals surface area (Å²) in [6, 6.07) is 21.0. The normalized spacial score (nSPS) is 22.6. The zero-order valence-corrected chi connectivity index (χ0v) is 21.3. The standard InChI is InChI=1S/C25H31N7.HI/c1-26-25(27-15-19-8-5-9-20(12-19)24-28-17-29-31-24)30-21-13-22-10-11-23(14-21)32(22)16-18-6-3-2-4-7-18;/h2-9,12,17,21-23H,10-11,13-16H2,1H3,(H2,26,27,30)(H,28,29,31);1H. The van der Waals surface area contributed by atoms with Gasteiger partial charge >= 0.3 is 0 Å². The second-order valence-corrected chi connectivity index (χ2v) is 8.82. The number of halogens is 1. The van der Waals surface area contributed by atoms with Crippen molar-refractivity contribution >= 4 is 29.9 Å². The monoisotopic (exact) mass is 557 g/mol. The van der Waals surface area contributed by atoms with Crippen LogP contribution in [0.4, 0.5) is 0 Å². The maximum absolute atomic E-state index is 4.48. The number of fused-ring (bicyclic) bond motifs is 2. The van der Waals surface area contributed by atoms with Crippen molar-refractivity contribution < 1.29 is 0 Å². The first-order valence-electron chi connectivity index (χ1n) is 11.5. The number of rotatable bonds is 6. The zero-order valence-electron chi connectivity index (χ0n) is 18.9. The molecule has 2 aliphatic heterocycles. The van der Waals surface area contributed by atoms with Gasteiger partial charge in [-0.1, -0.05) is 48.5 Å². The summed E-state index contributed by atoms with van der Waals surface area (Å²) in [7, 11) is 1.85. The van der Waals surface area contributed by atoms with Crippen molar-refractivity contribution in [1.82, 2.24) is 30.7 Å². The van der Waals surface area contributed by atoms with E-state index in [4.69, 9.17) is 0 Å². The van der Waals surface area contributed by atoms with Gasteiger partial charge < -0.3 is 10.6 Å². The summed E-state index contributed by atoms with van der Waals surface area (Å²) in [4.78, 5) is 11.4. The number of aromatic nitrogens is 3. The molecule has 2 aromatic carbocycles. The first kappa shape index (κ1) is 23.7. The SMILES string of the molecule is CN=C(NCc1cccc(-c2ncn[nH]2)c1)NC1CC2CCC(C1)N2Cc1ccccc1.I. The number of guanidine groups is 1. The Labute approximate surface area is 212 Å². The fraction of sp³-hybridized carbons (Fsp3) is 0.400. The van der Waals surface area contributed by atoms with Crippen LogP contribution in [0.15, 0.2) is 65.9 Å². The third kappa shape index (κ3) is 5.73. The molecule has 0 spiro atoms. The summed E-state index contributed by atoms with van der Waals surface area (Å²) in [5.41, 5.74) is 3.63. The molecular weight excluding hydrogens is 525 g/mol. The topological polar surface area (TPSA) is 81.2 Å². The predicted octanol–water partition coefficient (Wildman–Crippen LogP) is 3.95. The van der Waals surface area contributed by atoms with E-state index in [1.807, 2.05) is 19.2 Å². The van der Waals surface area contributed by atoms with Crippen LogP contribution in [0, 0.1) is 0 Å². The maximum atomic E-state index is 4.48. The van der Waals surface area contributed by atoms with E-state index in [9.17, 15) is 0 Å². The van der Waals surface area contributed by atoms with Crippen LogP contribution in [0.5, 0.6) is 0 Å². The lowest BCUT2D eigenvalue weighted by molar-refractivity contribution is 0.114. The van der Waals surface area contributed by atoms with Gasteiger partial charge in [-0.05, 0) is 42.9 Å². The molecule has 3 heterocycles. The van der Waals surface area contributed by atoms with E-state index >= 15 is 0 Å². The van der Waals surface area contributed by atoms with Gasteiger partial charge in [0.25, 0.3) is 0 Å². The minimum Gasteiger partial charge on any atom is -0.354 e. The van der Waals surface area contributed by atoms with E-state index in [-0.39, 0.29) is 24.0 Å². The van der Waals surface area contributed by atoms with Gasteiger partial charge in [0.2, 0.25) is 0 Å². The largest absolute Gasteiger partial charge is 0.354 e. The average Bonchev–Trinajstić information content (AvgIpc) is 3.44. The van der Waals surface area contributed by atoms with Crippen LogP contribution in [-0.2, 0) is 13.1 Å². The van der Waals surface area contributed by atoms with Gasteiger partial charge in [-0.3, -0.25) is 15.0 Å². The Morgan fingerprint density at radius 3 is 2.52 bits per heavy atom. The van der Waals surface area contributed by atoms with Crippen LogP contribution >= 0.6 is 24.0 Å². The molecule has 174 valence electrons. The smallest absolute Gasteiger partial charge is 0.191 e. The molecule has 2 bridgehead atoms. The first-order chi connectivity index (χ1) is 15.8. The van der Waals surface area contributed by atoms with Gasteiger partial charge in [0.15, 0.2) is 11.8 Å². The molecule has 2 saturated heterocycles. The van der Waals surface area contributed by atoms with Crippen LogP contribution < -0.4 is 10.6 Å². The lowest BCUT2D eigenvalue weighted by atomic mass is 9.96. The van der Waals surface area contributed by atoms with E-state index in [0.29, 0.717) is 24.7 Å². The molecule has 3 aromatic rings. The minimum absolute atomic E-state index is 0. The number of hydrogen-bond acceptors (Lipinski definition) is 4. The Balaban J connectivity index is 0.00000259. The van der Waals surface area contributed by atoms with Gasteiger partial charge in [-0.2, -0.15) is 5.10 Å². The van der Waals surface area contributed by atoms with E-state index in [1.165, 1.54) is 43.1 Å². The number of nitrogens with zero attached hydrogens (tertiary/aromatic N) is 4. The molecule has 2 unspecified atom stereocenters. The molecule has 2 aliphatic rings. The van der Waals surface area contributed by atoms with Crippen LogP contribution in [0.25, 0.3) is 11.4 Å². The number of aliphatic imine (C=N–C) groups is 1. The van der Waals surface area contributed by atoms with Crippen molar-refractivity contribution in [3.8, 4) is 11.4 Å². The second kappa shape index (κ2) is 11.1. The molecule has 33 heavy (non-hydrogen) atoms. The molecule has 5 rings (SSSR count). The Hall–Kier alpha value is -2.46. The maximum Gasteiger partial charge on any atom is 0.191 e. The number of nitrogens with one attached hydrogen (secondary N) is 3. The highest BCUT2D eigenvalue weighted by atomic mass is 127. The molecule has 7 nitrogen and oxygen atoms in total. The molecule has 1 aromatic heterocycles. The summed E-state index contributed by atoms with van der Waals surface area (Å²) in [5.74, 6) is 1.66. The number of benzene rings is 2. The molecule has 2 atom stereocenters. The van der Waals surface area contributed by atoms with Crippen molar-refractivity contribution in [3.05, 3.63) is 72.1 Å². The highest BCUT2D eigenvalue weighted by Gasteiger charge is 2.40. The Morgan fingerprint density at radius 2 is 1.82 bits per heavy atom. The lowest BCUT2D eigenvalue weighted by Crippen LogP contribution is -2.52. The van der Waals surface area contributed by atoms with E-state index < -0.39 is 0 Å². The number of hydrogen-bond donors (Lipinski definition) is 3. The van der Waals surface area contributed by atoms with E-state index in [1.54, 1.807) is 0 Å². The first-order valence-corrected chi connectivity index (χ1v) is 11.5. The van der Waals surface area contributed by atoms with Gasteiger partial charge in [0.05, 0.1) is 0 Å². The number of piperidine rings is 1. The fourth-order valence-corrected chi connectivity index (χ4v) is 5.19. The second-order valence-electron chi connectivity index (χ2n) is 8.82. The molecule has 8 heteroatoms. The summed E-state index contributed by atoms with van der Waals surface area (Å²) in [6.45, 7) is 1.78. The minimum atomic E-state index is 0. The van der Waals surface area contributed by atoms with Crippen molar-refractivity contribution in [2.75, 3.05) is 7.05 Å². The van der Waals surface area contributed by atoms with Gasteiger partial charge in [-0.15, -0.1) is 24.0 Å². The molecule has 0 radical (unpaired) electrons. The van der Waals surface area contributed by atoms with Crippen molar-refractivity contribution in [2.24, 2.45) is 4.99 Å². The average molecular weight is 557 g/mol. The zero-order chi connectivity index (χ0) is 21.8. The summed E-state index contributed by atoms with van der Waals surface area (Å²) in [5, 5.41) is 14.0. The van der Waals surface area contributed by atoms with Gasteiger partial charge in [0.1, 0.15) is 6.33 Å². The number of aromatic amines is 1. The van der Waals surface area contributed by atoms with Crippen LogP contribution in [0.2, 0.25) is 0 Å². The molecule has 2 fully saturated rings. The summed E-state index contributed by atoms with van der Waals surface area (Å²) in [6.07, 6.45) is 6.48. The van der Waals surface area contributed by atoms with E-state index in [0.717, 1.165) is 23.9 Å². The fourth-order valence-electron chi connectivity index (χ4n) is 5.19. The highest BCUT2D eigenvalue weighted by Crippen LogP contribution is 2.36. The molecule has 3 N–H and O–H groups in total. The van der Waals surface area contributed by atoms with Crippen LogP contribution in [0.3, 0.4) is 0 Å². The van der Waals surface area contributed by atoms with Crippen LogP contribution in [0.1, 0.15) is 36.8 Å². The molecule has 0 amide bonds. The van der Waals surface area contributed by atoms with Gasteiger partial charge in [-0.25, -0.2) is 4.98 Å². The predicted molar refractivity (Wildman–Crippen MR) is 142 cm³/mol. The van der Waals surface area contributed by atoms with Crippen molar-refractivity contribution in [3.63, 3.8) is 0 Å². The lowest BCUT2D eigenvalue weighted by Gasteiger charge is -2.39. The van der Waals surface area contributed by atoms with E-state index in [2.05, 4.69) is 78.2 Å². The van der Waals surface area contributed by atoms with Crippen LogP contribution in [-0.4, -0.2) is 51.2 Å². The van der Waals surface area contributed by atoms with Crippen molar-refractivity contribution in [1.29, 1.82) is 0 Å². The summed E-state index contributed by atoms with van der Waals surface area (Å²) < 4.78 is 0.